The Hall–Kier alpha value is -0.770. The van der Waals surface area contributed by atoms with Gasteiger partial charge in [-0.05, 0) is 51.4 Å². The van der Waals surface area contributed by atoms with E-state index in [4.69, 9.17) is 4.74 Å². The Kier molecular flexibility index (Phi) is 7.35. The lowest BCUT2D eigenvalue weighted by molar-refractivity contribution is 0.194. The Morgan fingerprint density at radius 2 is 2.00 bits per heavy atom. The standard InChI is InChI=1S/C16H26N2O.ClH/c1-13-6-4-7-14(2)16(13)19-11-10-18-9-5-8-15(18)12-17-3;/h4,6-7,15,17H,5,8-12H2,1-3H3;1H. The summed E-state index contributed by atoms with van der Waals surface area (Å²) in [7, 11) is 2.03. The van der Waals surface area contributed by atoms with E-state index < -0.39 is 0 Å². The molecule has 1 unspecified atom stereocenters. The van der Waals surface area contributed by atoms with E-state index in [2.05, 4.69) is 42.3 Å². The van der Waals surface area contributed by atoms with Gasteiger partial charge in [0.25, 0.3) is 0 Å². The summed E-state index contributed by atoms with van der Waals surface area (Å²) < 4.78 is 5.99. The largest absolute Gasteiger partial charge is 0.492 e. The van der Waals surface area contributed by atoms with Crippen LogP contribution in [-0.2, 0) is 0 Å². The van der Waals surface area contributed by atoms with E-state index in [1.165, 1.54) is 30.5 Å². The molecule has 1 aromatic rings. The zero-order valence-electron chi connectivity index (χ0n) is 12.8. The number of hydrogen-bond donors (Lipinski definition) is 1. The molecule has 1 atom stereocenters. The van der Waals surface area contributed by atoms with Gasteiger partial charge in [-0.15, -0.1) is 12.4 Å². The zero-order valence-corrected chi connectivity index (χ0v) is 13.6. The number of benzene rings is 1. The number of likely N-dealkylation sites (N-methyl/N-ethyl adjacent to an activating group) is 1. The fraction of sp³-hybridized carbons (Fsp3) is 0.625. The van der Waals surface area contributed by atoms with Gasteiger partial charge in [-0.2, -0.15) is 0 Å². The fourth-order valence-corrected chi connectivity index (χ4v) is 2.95. The molecular weight excluding hydrogens is 272 g/mol. The fourth-order valence-electron chi connectivity index (χ4n) is 2.95. The van der Waals surface area contributed by atoms with E-state index in [9.17, 15) is 0 Å². The Morgan fingerprint density at radius 1 is 1.30 bits per heavy atom. The lowest BCUT2D eigenvalue weighted by atomic mass is 10.1. The van der Waals surface area contributed by atoms with Crippen LogP contribution >= 0.6 is 12.4 Å². The first-order valence-corrected chi connectivity index (χ1v) is 7.30. The summed E-state index contributed by atoms with van der Waals surface area (Å²) in [6.07, 6.45) is 2.62. The van der Waals surface area contributed by atoms with Gasteiger partial charge in [0.2, 0.25) is 0 Å². The lowest BCUT2D eigenvalue weighted by Crippen LogP contribution is -2.39. The van der Waals surface area contributed by atoms with Crippen LogP contribution in [0.2, 0.25) is 0 Å². The molecule has 0 saturated carbocycles. The molecule has 1 fully saturated rings. The average Bonchev–Trinajstić information content (AvgIpc) is 2.81. The van der Waals surface area contributed by atoms with Gasteiger partial charge in [-0.25, -0.2) is 0 Å². The molecule has 114 valence electrons. The predicted octanol–water partition coefficient (Wildman–Crippen LogP) is 2.79. The molecule has 0 bridgehead atoms. The number of hydrogen-bond acceptors (Lipinski definition) is 3. The predicted molar refractivity (Wildman–Crippen MR) is 87.2 cm³/mol. The van der Waals surface area contributed by atoms with E-state index in [1.807, 2.05) is 7.05 Å². The van der Waals surface area contributed by atoms with Crippen LogP contribution in [0.4, 0.5) is 0 Å². The van der Waals surface area contributed by atoms with Crippen LogP contribution in [0.3, 0.4) is 0 Å². The Bertz CT molecular complexity index is 391. The van der Waals surface area contributed by atoms with Gasteiger partial charge in [0.05, 0.1) is 0 Å². The van der Waals surface area contributed by atoms with Crippen molar-refractivity contribution in [3.05, 3.63) is 29.3 Å². The Morgan fingerprint density at radius 3 is 2.65 bits per heavy atom. The van der Waals surface area contributed by atoms with E-state index in [0.29, 0.717) is 6.04 Å². The average molecular weight is 299 g/mol. The second kappa shape index (κ2) is 8.50. The molecule has 1 saturated heterocycles. The molecular formula is C16H27ClN2O. The molecule has 0 radical (unpaired) electrons. The van der Waals surface area contributed by atoms with Gasteiger partial charge < -0.3 is 10.1 Å². The maximum absolute atomic E-state index is 5.99. The second-order valence-electron chi connectivity index (χ2n) is 5.46. The third-order valence-electron chi connectivity index (χ3n) is 3.97. The number of halogens is 1. The molecule has 1 heterocycles. The quantitative estimate of drug-likeness (QED) is 0.874. The van der Waals surface area contributed by atoms with Crippen molar-refractivity contribution in [2.45, 2.75) is 32.7 Å². The van der Waals surface area contributed by atoms with Crippen LogP contribution in [0.15, 0.2) is 18.2 Å². The number of aryl methyl sites for hydroxylation is 2. The van der Waals surface area contributed by atoms with Gasteiger partial charge in [-0.3, -0.25) is 4.90 Å². The molecule has 1 aliphatic heterocycles. The Labute approximate surface area is 129 Å². The van der Waals surface area contributed by atoms with Crippen molar-refractivity contribution >= 4 is 12.4 Å². The molecule has 0 amide bonds. The van der Waals surface area contributed by atoms with Crippen LogP contribution in [0, 0.1) is 13.8 Å². The molecule has 0 aliphatic carbocycles. The Balaban J connectivity index is 0.00000200. The molecule has 0 aromatic heterocycles. The van der Waals surface area contributed by atoms with Crippen LogP contribution in [0.5, 0.6) is 5.75 Å². The van der Waals surface area contributed by atoms with E-state index >= 15 is 0 Å². The number of rotatable bonds is 6. The van der Waals surface area contributed by atoms with Crippen molar-refractivity contribution in [3.8, 4) is 5.75 Å². The van der Waals surface area contributed by atoms with E-state index in [1.54, 1.807) is 0 Å². The number of nitrogens with zero attached hydrogens (tertiary/aromatic N) is 1. The number of nitrogens with one attached hydrogen (secondary N) is 1. The first-order valence-electron chi connectivity index (χ1n) is 7.30. The number of likely N-dealkylation sites (tertiary alicyclic amines) is 1. The van der Waals surface area contributed by atoms with Gasteiger partial charge in [-0.1, -0.05) is 18.2 Å². The van der Waals surface area contributed by atoms with E-state index in [-0.39, 0.29) is 12.4 Å². The SMILES string of the molecule is CNCC1CCCN1CCOc1c(C)cccc1C.Cl. The maximum atomic E-state index is 5.99. The minimum absolute atomic E-state index is 0. The number of ether oxygens (including phenoxy) is 1. The molecule has 4 heteroatoms. The van der Waals surface area contributed by atoms with E-state index in [0.717, 1.165) is 25.4 Å². The summed E-state index contributed by atoms with van der Waals surface area (Å²) in [5, 5.41) is 3.28. The molecule has 2 rings (SSSR count). The smallest absolute Gasteiger partial charge is 0.125 e. The lowest BCUT2D eigenvalue weighted by Gasteiger charge is -2.24. The molecule has 3 nitrogen and oxygen atoms in total. The maximum Gasteiger partial charge on any atom is 0.125 e. The second-order valence-corrected chi connectivity index (χ2v) is 5.46. The summed E-state index contributed by atoms with van der Waals surface area (Å²) >= 11 is 0. The van der Waals surface area contributed by atoms with Crippen molar-refractivity contribution < 1.29 is 4.74 Å². The monoisotopic (exact) mass is 298 g/mol. The summed E-state index contributed by atoms with van der Waals surface area (Å²) in [5.41, 5.74) is 2.46. The van der Waals surface area contributed by atoms with Crippen LogP contribution in [0.25, 0.3) is 0 Å². The minimum Gasteiger partial charge on any atom is -0.492 e. The van der Waals surface area contributed by atoms with Gasteiger partial charge in [0, 0.05) is 19.1 Å². The van der Waals surface area contributed by atoms with Crippen molar-refractivity contribution in [1.29, 1.82) is 0 Å². The van der Waals surface area contributed by atoms with Crippen molar-refractivity contribution in [2.24, 2.45) is 0 Å². The van der Waals surface area contributed by atoms with Crippen LogP contribution in [-0.4, -0.2) is 44.2 Å². The van der Waals surface area contributed by atoms with Crippen molar-refractivity contribution in [1.82, 2.24) is 10.2 Å². The highest BCUT2D eigenvalue weighted by Crippen LogP contribution is 2.22. The third-order valence-corrected chi connectivity index (χ3v) is 3.97. The minimum atomic E-state index is 0. The summed E-state index contributed by atoms with van der Waals surface area (Å²) in [4.78, 5) is 2.55. The first-order chi connectivity index (χ1) is 9.22. The number of para-hydroxylation sites is 1. The highest BCUT2D eigenvalue weighted by atomic mass is 35.5. The summed E-state index contributed by atoms with van der Waals surface area (Å²) in [5.74, 6) is 1.06. The first kappa shape index (κ1) is 17.3. The third kappa shape index (κ3) is 4.37. The summed E-state index contributed by atoms with van der Waals surface area (Å²) in [6.45, 7) is 8.34. The van der Waals surface area contributed by atoms with Crippen molar-refractivity contribution in [3.63, 3.8) is 0 Å². The topological polar surface area (TPSA) is 24.5 Å². The molecule has 1 aliphatic rings. The normalized spacial score (nSPS) is 18.9. The van der Waals surface area contributed by atoms with Crippen LogP contribution in [0.1, 0.15) is 24.0 Å². The van der Waals surface area contributed by atoms with Gasteiger partial charge in [0.1, 0.15) is 12.4 Å². The van der Waals surface area contributed by atoms with Crippen molar-refractivity contribution in [2.75, 3.05) is 33.3 Å². The molecule has 1 N–H and O–H groups in total. The van der Waals surface area contributed by atoms with Gasteiger partial charge in [0.15, 0.2) is 0 Å². The highest BCUT2D eigenvalue weighted by molar-refractivity contribution is 5.85. The van der Waals surface area contributed by atoms with Crippen LogP contribution < -0.4 is 10.1 Å². The molecule has 1 aromatic carbocycles. The highest BCUT2D eigenvalue weighted by Gasteiger charge is 2.23. The zero-order chi connectivity index (χ0) is 13.7. The molecule has 0 spiro atoms. The van der Waals surface area contributed by atoms with Gasteiger partial charge >= 0.3 is 0 Å². The molecule has 20 heavy (non-hydrogen) atoms. The summed E-state index contributed by atoms with van der Waals surface area (Å²) in [6, 6.07) is 7.00.